The molecule has 2 N–H and O–H groups in total. The number of halogens is 1. The van der Waals surface area contributed by atoms with Crippen LogP contribution < -0.4 is 10.6 Å². The van der Waals surface area contributed by atoms with Gasteiger partial charge in [0.2, 0.25) is 0 Å². The van der Waals surface area contributed by atoms with E-state index in [0.29, 0.717) is 29.4 Å². The maximum absolute atomic E-state index is 12.7. The lowest BCUT2D eigenvalue weighted by atomic mass is 9.97. The number of carbonyl (C=O) groups excluding carboxylic acids is 2. The van der Waals surface area contributed by atoms with Crippen LogP contribution in [0.1, 0.15) is 48.5 Å². The zero-order chi connectivity index (χ0) is 19.4. The maximum Gasteiger partial charge on any atom is 0.307 e. The Morgan fingerprint density at radius 2 is 2.15 bits per heavy atom. The molecule has 2 aromatic rings. The number of aromatic nitrogens is 1. The van der Waals surface area contributed by atoms with Crippen LogP contribution in [0.2, 0.25) is 5.02 Å². The number of esters is 1. The van der Waals surface area contributed by atoms with Gasteiger partial charge in [0.25, 0.3) is 5.91 Å². The highest BCUT2D eigenvalue weighted by Crippen LogP contribution is 2.25. The summed E-state index contributed by atoms with van der Waals surface area (Å²) in [6.45, 7) is 4.38. The molecule has 0 saturated carbocycles. The van der Waals surface area contributed by atoms with Crippen LogP contribution in [0.5, 0.6) is 0 Å². The third-order valence-corrected chi connectivity index (χ3v) is 4.61. The molecular weight excluding hydrogens is 366 g/mol. The topological polar surface area (TPSA) is 80.3 Å². The summed E-state index contributed by atoms with van der Waals surface area (Å²) in [5, 5.41) is 6.76. The monoisotopic (exact) mass is 387 g/mol. The Labute approximate surface area is 163 Å². The molecule has 3 rings (SSSR count). The molecule has 27 heavy (non-hydrogen) atoms. The summed E-state index contributed by atoms with van der Waals surface area (Å²) in [5.74, 6) is 0.263. The summed E-state index contributed by atoms with van der Waals surface area (Å²) in [7, 11) is 0. The zero-order valence-corrected chi connectivity index (χ0v) is 16.0. The van der Waals surface area contributed by atoms with Crippen LogP contribution in [-0.4, -0.2) is 29.5 Å². The molecule has 0 spiro atoms. The van der Waals surface area contributed by atoms with Crippen LogP contribution in [0.3, 0.4) is 0 Å². The maximum atomic E-state index is 12.7. The van der Waals surface area contributed by atoms with Gasteiger partial charge < -0.3 is 15.4 Å². The largest absolute Gasteiger partial charge is 0.466 e. The Morgan fingerprint density at radius 1 is 1.33 bits per heavy atom. The van der Waals surface area contributed by atoms with Gasteiger partial charge >= 0.3 is 5.97 Å². The average molecular weight is 388 g/mol. The number of ether oxygens (including phenoxy) is 1. The zero-order valence-electron chi connectivity index (χ0n) is 15.3. The molecule has 1 atom stereocenters. The molecule has 1 amide bonds. The third kappa shape index (κ3) is 4.98. The Morgan fingerprint density at radius 3 is 2.85 bits per heavy atom. The average Bonchev–Trinajstić information content (AvgIpc) is 2.61. The van der Waals surface area contributed by atoms with E-state index in [1.807, 2.05) is 32.0 Å². The Kier molecular flexibility index (Phi) is 5.96. The molecule has 2 heterocycles. The van der Waals surface area contributed by atoms with E-state index in [1.54, 1.807) is 18.3 Å². The van der Waals surface area contributed by atoms with Crippen molar-refractivity contribution in [3.63, 3.8) is 0 Å². The molecule has 1 aromatic heterocycles. The molecule has 6 nitrogen and oxygen atoms in total. The van der Waals surface area contributed by atoms with E-state index < -0.39 is 0 Å². The Hall–Kier alpha value is -2.60. The van der Waals surface area contributed by atoms with E-state index in [0.717, 1.165) is 11.3 Å². The van der Waals surface area contributed by atoms with E-state index in [4.69, 9.17) is 16.3 Å². The lowest BCUT2D eigenvalue weighted by Crippen LogP contribution is -2.40. The van der Waals surface area contributed by atoms with E-state index in [1.165, 1.54) is 0 Å². The minimum absolute atomic E-state index is 0.130. The second kappa shape index (κ2) is 8.39. The van der Waals surface area contributed by atoms with Gasteiger partial charge in [-0.2, -0.15) is 0 Å². The van der Waals surface area contributed by atoms with E-state index in [2.05, 4.69) is 15.6 Å². The first-order valence-electron chi connectivity index (χ1n) is 8.91. The van der Waals surface area contributed by atoms with Gasteiger partial charge in [-0.1, -0.05) is 31.5 Å². The second-order valence-electron chi connectivity index (χ2n) is 6.83. The fraction of sp³-hybridized carbons (Fsp3) is 0.350. The summed E-state index contributed by atoms with van der Waals surface area (Å²) in [5.41, 5.74) is 2.22. The number of hydrogen-bond acceptors (Lipinski definition) is 5. The van der Waals surface area contributed by atoms with Gasteiger partial charge in [-0.15, -0.1) is 0 Å². The Balaban J connectivity index is 1.78. The molecule has 1 aliphatic rings. The smallest absolute Gasteiger partial charge is 0.307 e. The highest BCUT2D eigenvalue weighted by molar-refractivity contribution is 6.30. The number of cyclic esters (lactones) is 1. The van der Waals surface area contributed by atoms with Crippen molar-refractivity contribution in [3.05, 3.63) is 52.7 Å². The number of anilines is 2. The van der Waals surface area contributed by atoms with Gasteiger partial charge in [0.15, 0.2) is 0 Å². The van der Waals surface area contributed by atoms with Crippen LogP contribution in [0.15, 0.2) is 36.5 Å². The molecule has 1 aromatic carbocycles. The molecule has 0 bridgehead atoms. The molecule has 0 aliphatic carbocycles. The van der Waals surface area contributed by atoms with Gasteiger partial charge in [-0.05, 0) is 35.7 Å². The summed E-state index contributed by atoms with van der Waals surface area (Å²) < 4.78 is 4.92. The minimum Gasteiger partial charge on any atom is -0.466 e. The number of hydrogen-bond donors (Lipinski definition) is 2. The van der Waals surface area contributed by atoms with Crippen molar-refractivity contribution in [3.8, 4) is 0 Å². The predicted octanol–water partition coefficient (Wildman–Crippen LogP) is 4.04. The Bertz CT molecular complexity index is 854. The number of nitrogens with one attached hydrogen (secondary N) is 2. The van der Waals surface area contributed by atoms with E-state index in [9.17, 15) is 9.59 Å². The van der Waals surface area contributed by atoms with Crippen LogP contribution in [-0.2, 0) is 9.53 Å². The number of nitrogens with zero attached hydrogens (tertiary/aromatic N) is 1. The first kappa shape index (κ1) is 19.2. The van der Waals surface area contributed by atoms with Crippen molar-refractivity contribution in [2.24, 2.45) is 0 Å². The van der Waals surface area contributed by atoms with E-state index >= 15 is 0 Å². The lowest BCUT2D eigenvalue weighted by Gasteiger charge is -2.23. The van der Waals surface area contributed by atoms with Crippen molar-refractivity contribution >= 4 is 35.0 Å². The SMILES string of the molecule is CC(C)c1cc(Nc2cccc(Cl)c2)ncc1C(=O)NC1CCOC(=O)C1. The number of amides is 1. The highest BCUT2D eigenvalue weighted by Gasteiger charge is 2.24. The van der Waals surface area contributed by atoms with Crippen LogP contribution in [0.25, 0.3) is 0 Å². The molecule has 1 fully saturated rings. The number of carbonyl (C=O) groups is 2. The first-order chi connectivity index (χ1) is 12.9. The molecule has 142 valence electrons. The number of rotatable bonds is 5. The minimum atomic E-state index is -0.283. The highest BCUT2D eigenvalue weighted by atomic mass is 35.5. The normalized spacial score (nSPS) is 16.7. The van der Waals surface area contributed by atoms with Crippen molar-refractivity contribution in [2.75, 3.05) is 11.9 Å². The van der Waals surface area contributed by atoms with Crippen molar-refractivity contribution in [1.82, 2.24) is 10.3 Å². The fourth-order valence-corrected chi connectivity index (χ4v) is 3.17. The third-order valence-electron chi connectivity index (χ3n) is 4.38. The molecule has 7 heteroatoms. The van der Waals surface area contributed by atoms with E-state index in [-0.39, 0.29) is 30.3 Å². The van der Waals surface area contributed by atoms with Crippen LogP contribution >= 0.6 is 11.6 Å². The van der Waals surface area contributed by atoms with Crippen LogP contribution in [0.4, 0.5) is 11.5 Å². The number of benzene rings is 1. The lowest BCUT2D eigenvalue weighted by molar-refractivity contribution is -0.147. The molecule has 1 unspecified atom stereocenters. The van der Waals surface area contributed by atoms with Gasteiger partial charge in [0.1, 0.15) is 5.82 Å². The summed E-state index contributed by atoms with van der Waals surface area (Å²) in [4.78, 5) is 28.5. The standard InChI is InChI=1S/C20H22ClN3O3/c1-12(2)16-10-18(23-14-5-3-4-13(21)8-14)22-11-17(16)20(26)24-15-6-7-27-19(25)9-15/h3-5,8,10-12,15H,6-7,9H2,1-2H3,(H,22,23)(H,24,26). The fourth-order valence-electron chi connectivity index (χ4n) is 2.98. The van der Waals surface area contributed by atoms with Crippen molar-refractivity contribution in [2.45, 2.75) is 38.6 Å². The van der Waals surface area contributed by atoms with Crippen LogP contribution in [0, 0.1) is 0 Å². The quantitative estimate of drug-likeness (QED) is 0.757. The van der Waals surface area contributed by atoms with Gasteiger partial charge in [0, 0.05) is 29.4 Å². The number of pyridine rings is 1. The van der Waals surface area contributed by atoms with Gasteiger partial charge in [-0.3, -0.25) is 9.59 Å². The summed E-state index contributed by atoms with van der Waals surface area (Å²) in [6.07, 6.45) is 2.39. The molecule has 1 aliphatic heterocycles. The van der Waals surface area contributed by atoms with Crippen molar-refractivity contribution < 1.29 is 14.3 Å². The summed E-state index contributed by atoms with van der Waals surface area (Å²) >= 11 is 6.02. The predicted molar refractivity (Wildman–Crippen MR) is 105 cm³/mol. The first-order valence-corrected chi connectivity index (χ1v) is 9.29. The van der Waals surface area contributed by atoms with Gasteiger partial charge in [0.05, 0.1) is 18.6 Å². The second-order valence-corrected chi connectivity index (χ2v) is 7.27. The molecular formula is C20H22ClN3O3. The van der Waals surface area contributed by atoms with Gasteiger partial charge in [-0.25, -0.2) is 4.98 Å². The van der Waals surface area contributed by atoms with Crippen molar-refractivity contribution in [1.29, 1.82) is 0 Å². The summed E-state index contributed by atoms with van der Waals surface area (Å²) in [6, 6.07) is 9.02. The molecule has 1 saturated heterocycles. The molecule has 0 radical (unpaired) electrons.